The van der Waals surface area contributed by atoms with E-state index in [1.54, 1.807) is 12.1 Å². The molecule has 5 heteroatoms. The lowest BCUT2D eigenvalue weighted by Gasteiger charge is -2.44. The molecule has 3 heterocycles. The van der Waals surface area contributed by atoms with Crippen molar-refractivity contribution in [1.29, 1.82) is 0 Å². The molecule has 1 aromatic heterocycles. The maximum Gasteiger partial charge on any atom is 0.336 e. The van der Waals surface area contributed by atoms with Crippen LogP contribution in [0.4, 0.5) is 0 Å². The molecular formula is C20H26N2O3. The van der Waals surface area contributed by atoms with Gasteiger partial charge in [0, 0.05) is 49.7 Å². The third-order valence-corrected chi connectivity index (χ3v) is 5.73. The van der Waals surface area contributed by atoms with Crippen molar-refractivity contribution in [1.82, 2.24) is 9.80 Å². The summed E-state index contributed by atoms with van der Waals surface area (Å²) < 4.78 is 5.32. The van der Waals surface area contributed by atoms with Gasteiger partial charge in [-0.3, -0.25) is 9.80 Å². The van der Waals surface area contributed by atoms with E-state index in [2.05, 4.69) is 9.80 Å². The average molecular weight is 342 g/mol. The van der Waals surface area contributed by atoms with Crippen LogP contribution in [0.3, 0.4) is 0 Å². The molecule has 0 aliphatic carbocycles. The Bertz CT molecular complexity index is 830. The molecule has 2 aromatic rings. The molecule has 0 bridgehead atoms. The molecule has 4 rings (SSSR count). The standard InChI is InChI=1S/C20H26N2O3/c1-2-14-9-17-15(10-20(24)25-19(17)11-18(14)23)12-21-7-8-22-6-4-3-5-16(22)13-21/h9-11,16,23H,2-8,12-13H2,1H3/t16-/m1/s1. The van der Waals surface area contributed by atoms with Gasteiger partial charge >= 0.3 is 5.63 Å². The van der Waals surface area contributed by atoms with E-state index in [-0.39, 0.29) is 11.4 Å². The van der Waals surface area contributed by atoms with Crippen molar-refractivity contribution >= 4 is 11.0 Å². The minimum Gasteiger partial charge on any atom is -0.508 e. The maximum absolute atomic E-state index is 12.0. The van der Waals surface area contributed by atoms with Gasteiger partial charge in [-0.25, -0.2) is 4.79 Å². The van der Waals surface area contributed by atoms with Crippen LogP contribution >= 0.6 is 0 Å². The number of aryl methyl sites for hydroxylation is 1. The van der Waals surface area contributed by atoms with Crippen molar-refractivity contribution in [3.05, 3.63) is 39.7 Å². The third kappa shape index (κ3) is 3.31. The van der Waals surface area contributed by atoms with Gasteiger partial charge < -0.3 is 9.52 Å². The molecule has 25 heavy (non-hydrogen) atoms. The lowest BCUT2D eigenvalue weighted by Crippen LogP contribution is -2.54. The second-order valence-electron chi connectivity index (χ2n) is 7.34. The van der Waals surface area contributed by atoms with Gasteiger partial charge in [0.15, 0.2) is 0 Å². The Labute approximate surface area is 147 Å². The molecule has 2 aliphatic rings. The molecule has 134 valence electrons. The van der Waals surface area contributed by atoms with Crippen LogP contribution in [0.25, 0.3) is 11.0 Å². The van der Waals surface area contributed by atoms with Crippen molar-refractivity contribution in [2.75, 3.05) is 26.2 Å². The Morgan fingerprint density at radius 2 is 2.04 bits per heavy atom. The van der Waals surface area contributed by atoms with Crippen molar-refractivity contribution in [2.45, 2.75) is 45.2 Å². The van der Waals surface area contributed by atoms with Gasteiger partial charge in [0.05, 0.1) is 0 Å². The summed E-state index contributed by atoms with van der Waals surface area (Å²) in [4.78, 5) is 17.0. The Balaban J connectivity index is 1.63. The van der Waals surface area contributed by atoms with Crippen molar-refractivity contribution < 1.29 is 9.52 Å². The number of benzene rings is 1. The first-order chi connectivity index (χ1) is 12.1. The van der Waals surface area contributed by atoms with E-state index in [0.717, 1.165) is 49.1 Å². The summed E-state index contributed by atoms with van der Waals surface area (Å²) >= 11 is 0. The van der Waals surface area contributed by atoms with Crippen LogP contribution in [0.1, 0.15) is 37.3 Å². The number of rotatable bonds is 3. The monoisotopic (exact) mass is 342 g/mol. The van der Waals surface area contributed by atoms with Gasteiger partial charge in [-0.05, 0) is 43.0 Å². The summed E-state index contributed by atoms with van der Waals surface area (Å²) in [6, 6.07) is 5.83. The van der Waals surface area contributed by atoms with E-state index in [4.69, 9.17) is 4.42 Å². The predicted molar refractivity (Wildman–Crippen MR) is 98.0 cm³/mol. The van der Waals surface area contributed by atoms with Gasteiger partial charge in [-0.1, -0.05) is 13.3 Å². The minimum atomic E-state index is -0.345. The molecule has 2 saturated heterocycles. The molecular weight excluding hydrogens is 316 g/mol. The SMILES string of the molecule is CCc1cc2c(CN3CCN4CCCC[C@@H]4C3)cc(=O)oc2cc1O. The molecule has 1 aromatic carbocycles. The van der Waals surface area contributed by atoms with Gasteiger partial charge in [0.2, 0.25) is 0 Å². The summed E-state index contributed by atoms with van der Waals surface area (Å²) in [6.45, 7) is 7.24. The Morgan fingerprint density at radius 1 is 1.16 bits per heavy atom. The first-order valence-corrected chi connectivity index (χ1v) is 9.39. The quantitative estimate of drug-likeness (QED) is 0.869. The first kappa shape index (κ1) is 16.6. The summed E-state index contributed by atoms with van der Waals surface area (Å²) in [5, 5.41) is 11.0. The molecule has 5 nitrogen and oxygen atoms in total. The van der Waals surface area contributed by atoms with Gasteiger partial charge in [0.25, 0.3) is 0 Å². The van der Waals surface area contributed by atoms with Crippen LogP contribution in [0, 0.1) is 0 Å². The summed E-state index contributed by atoms with van der Waals surface area (Å²) in [6.07, 6.45) is 4.68. The number of hydrogen-bond acceptors (Lipinski definition) is 5. The zero-order valence-corrected chi connectivity index (χ0v) is 14.8. The van der Waals surface area contributed by atoms with E-state index in [1.165, 1.54) is 25.8 Å². The minimum absolute atomic E-state index is 0.200. The normalized spacial score (nSPS) is 22.2. The summed E-state index contributed by atoms with van der Waals surface area (Å²) in [7, 11) is 0. The molecule has 1 atom stereocenters. The van der Waals surface area contributed by atoms with E-state index >= 15 is 0 Å². The number of piperazine rings is 1. The number of phenolic OH excluding ortho intramolecular Hbond substituents is 1. The number of phenols is 1. The Hall–Kier alpha value is -1.85. The number of aromatic hydroxyl groups is 1. The molecule has 0 spiro atoms. The average Bonchev–Trinajstić information content (AvgIpc) is 2.61. The third-order valence-electron chi connectivity index (χ3n) is 5.73. The highest BCUT2D eigenvalue weighted by Gasteiger charge is 2.29. The number of piperidine rings is 1. The highest BCUT2D eigenvalue weighted by atomic mass is 16.4. The van der Waals surface area contributed by atoms with Crippen LogP contribution in [0.15, 0.2) is 27.4 Å². The number of nitrogens with zero attached hydrogens (tertiary/aromatic N) is 2. The fourth-order valence-corrected chi connectivity index (χ4v) is 4.33. The van der Waals surface area contributed by atoms with Crippen LogP contribution in [-0.4, -0.2) is 47.1 Å². The van der Waals surface area contributed by atoms with Crippen LogP contribution in [0.2, 0.25) is 0 Å². The van der Waals surface area contributed by atoms with E-state index in [1.807, 2.05) is 13.0 Å². The number of fused-ring (bicyclic) bond motifs is 2. The largest absolute Gasteiger partial charge is 0.508 e. The topological polar surface area (TPSA) is 56.9 Å². The van der Waals surface area contributed by atoms with Gasteiger partial charge in [0.1, 0.15) is 11.3 Å². The Kier molecular flexibility index (Phi) is 4.52. The first-order valence-electron chi connectivity index (χ1n) is 9.39. The fourth-order valence-electron chi connectivity index (χ4n) is 4.33. The highest BCUT2D eigenvalue weighted by Crippen LogP contribution is 2.28. The molecule has 0 unspecified atom stereocenters. The maximum atomic E-state index is 12.0. The lowest BCUT2D eigenvalue weighted by atomic mass is 9.98. The van der Waals surface area contributed by atoms with Gasteiger partial charge in [-0.15, -0.1) is 0 Å². The second kappa shape index (κ2) is 6.81. The summed E-state index contributed by atoms with van der Waals surface area (Å²) in [5.74, 6) is 0.200. The molecule has 2 fully saturated rings. The Morgan fingerprint density at radius 3 is 2.88 bits per heavy atom. The molecule has 0 amide bonds. The zero-order chi connectivity index (χ0) is 17.4. The summed E-state index contributed by atoms with van der Waals surface area (Å²) in [5.41, 5.74) is 2.03. The van der Waals surface area contributed by atoms with Crippen LogP contribution in [-0.2, 0) is 13.0 Å². The molecule has 0 radical (unpaired) electrons. The van der Waals surface area contributed by atoms with Crippen molar-refractivity contribution in [2.24, 2.45) is 0 Å². The molecule has 0 saturated carbocycles. The highest BCUT2D eigenvalue weighted by molar-refractivity contribution is 5.82. The smallest absolute Gasteiger partial charge is 0.336 e. The van der Waals surface area contributed by atoms with E-state index < -0.39 is 0 Å². The second-order valence-corrected chi connectivity index (χ2v) is 7.34. The predicted octanol–water partition coefficient (Wildman–Crippen LogP) is 2.73. The van der Waals surface area contributed by atoms with Crippen molar-refractivity contribution in [3.63, 3.8) is 0 Å². The zero-order valence-electron chi connectivity index (χ0n) is 14.8. The fraction of sp³-hybridized carbons (Fsp3) is 0.550. The lowest BCUT2D eigenvalue weighted by molar-refractivity contribution is 0.0458. The number of hydrogen-bond donors (Lipinski definition) is 1. The van der Waals surface area contributed by atoms with Crippen molar-refractivity contribution in [3.8, 4) is 5.75 Å². The van der Waals surface area contributed by atoms with E-state index in [0.29, 0.717) is 11.6 Å². The van der Waals surface area contributed by atoms with E-state index in [9.17, 15) is 9.90 Å². The van der Waals surface area contributed by atoms with Gasteiger partial charge in [-0.2, -0.15) is 0 Å². The molecule has 2 aliphatic heterocycles. The van der Waals surface area contributed by atoms with Crippen LogP contribution < -0.4 is 5.63 Å². The molecule has 1 N–H and O–H groups in total. The van der Waals surface area contributed by atoms with Crippen LogP contribution in [0.5, 0.6) is 5.75 Å².